The van der Waals surface area contributed by atoms with Gasteiger partial charge in [-0.1, -0.05) is 6.92 Å². The van der Waals surface area contributed by atoms with E-state index in [1.165, 1.54) is 6.92 Å². The monoisotopic (exact) mass is 252 g/mol. The maximum Gasteiger partial charge on any atom is 0.313 e. The maximum absolute atomic E-state index is 11.7. The topological polar surface area (TPSA) is 69.7 Å². The van der Waals surface area contributed by atoms with Crippen molar-refractivity contribution in [1.29, 1.82) is 0 Å². The van der Waals surface area contributed by atoms with E-state index in [1.807, 2.05) is 6.92 Å². The van der Waals surface area contributed by atoms with Gasteiger partial charge in [-0.2, -0.15) is 0 Å². The Morgan fingerprint density at radius 3 is 2.67 bits per heavy atom. The van der Waals surface area contributed by atoms with E-state index in [2.05, 4.69) is 0 Å². The third-order valence-corrected chi connectivity index (χ3v) is 3.76. The number of cyclic esters (lactones) is 1. The molecule has 98 valence electrons. The number of fused-ring (bicyclic) bond motifs is 1. The van der Waals surface area contributed by atoms with E-state index in [0.717, 1.165) is 6.29 Å². The number of hydrogen-bond donors (Lipinski definition) is 0. The number of ether oxygens (including phenoxy) is 2. The summed E-state index contributed by atoms with van der Waals surface area (Å²) in [5.41, 5.74) is 0. The van der Waals surface area contributed by atoms with Crippen molar-refractivity contribution in [3.63, 3.8) is 0 Å². The second-order valence-corrected chi connectivity index (χ2v) is 4.91. The molecule has 5 atom stereocenters. The number of carbonyl (C=O) groups is 3. The first-order valence-corrected chi connectivity index (χ1v) is 6.01. The summed E-state index contributed by atoms with van der Waals surface area (Å²) >= 11 is 0. The fraction of sp³-hybridized carbons (Fsp3) is 0.615. The van der Waals surface area contributed by atoms with Crippen molar-refractivity contribution in [2.75, 3.05) is 0 Å². The lowest BCUT2D eigenvalue weighted by molar-refractivity contribution is -0.143. The Morgan fingerprint density at radius 2 is 2.11 bits per heavy atom. The molecule has 0 saturated carbocycles. The molecular weight excluding hydrogens is 236 g/mol. The lowest BCUT2D eigenvalue weighted by Crippen LogP contribution is -2.37. The lowest BCUT2D eigenvalue weighted by Gasteiger charge is -2.33. The third kappa shape index (κ3) is 1.94. The van der Waals surface area contributed by atoms with Crippen LogP contribution in [0.2, 0.25) is 0 Å². The zero-order valence-corrected chi connectivity index (χ0v) is 10.6. The Balaban J connectivity index is 2.37. The Hall–Kier alpha value is -1.65. The van der Waals surface area contributed by atoms with E-state index >= 15 is 0 Å². The summed E-state index contributed by atoms with van der Waals surface area (Å²) in [6.07, 6.45) is 2.18. The van der Waals surface area contributed by atoms with Gasteiger partial charge in [-0.3, -0.25) is 9.59 Å². The SMILES string of the molecule is CC(=O)OC1=C[C@H]2C(=O)O[C@H](C)[C@H]2[C@@H](C=O)[C@@H]1C. The van der Waals surface area contributed by atoms with Gasteiger partial charge in [0.1, 0.15) is 18.1 Å². The predicted molar refractivity (Wildman–Crippen MR) is 61.1 cm³/mol. The molecule has 1 fully saturated rings. The van der Waals surface area contributed by atoms with Crippen molar-refractivity contribution in [3.8, 4) is 0 Å². The summed E-state index contributed by atoms with van der Waals surface area (Å²) in [5, 5.41) is 0. The summed E-state index contributed by atoms with van der Waals surface area (Å²) < 4.78 is 10.2. The largest absolute Gasteiger partial charge is 0.462 e. The molecular formula is C13H16O5. The zero-order chi connectivity index (χ0) is 13.4. The molecule has 0 aromatic heterocycles. The van der Waals surface area contributed by atoms with Crippen molar-refractivity contribution in [2.24, 2.45) is 23.7 Å². The van der Waals surface area contributed by atoms with Gasteiger partial charge in [0, 0.05) is 24.7 Å². The van der Waals surface area contributed by atoms with Crippen LogP contribution in [0.25, 0.3) is 0 Å². The minimum absolute atomic E-state index is 0.163. The van der Waals surface area contributed by atoms with E-state index in [-0.39, 0.29) is 29.8 Å². The van der Waals surface area contributed by atoms with Crippen LogP contribution in [0.3, 0.4) is 0 Å². The fourth-order valence-electron chi connectivity index (χ4n) is 2.87. The predicted octanol–water partition coefficient (Wildman–Crippen LogP) is 1.08. The van der Waals surface area contributed by atoms with E-state index < -0.39 is 11.9 Å². The van der Waals surface area contributed by atoms with Crippen LogP contribution in [-0.4, -0.2) is 24.3 Å². The summed E-state index contributed by atoms with van der Waals surface area (Å²) in [6.45, 7) is 4.90. The first-order valence-electron chi connectivity index (χ1n) is 6.01. The minimum atomic E-state index is -0.485. The molecule has 5 heteroatoms. The number of aldehydes is 1. The second-order valence-electron chi connectivity index (χ2n) is 4.91. The van der Waals surface area contributed by atoms with Gasteiger partial charge in [-0.25, -0.2) is 0 Å². The molecule has 0 amide bonds. The molecule has 0 unspecified atom stereocenters. The van der Waals surface area contributed by atoms with Gasteiger partial charge >= 0.3 is 11.9 Å². The molecule has 1 saturated heterocycles. The first kappa shape index (κ1) is 12.8. The second kappa shape index (κ2) is 4.55. The van der Waals surface area contributed by atoms with Crippen LogP contribution in [0.1, 0.15) is 20.8 Å². The van der Waals surface area contributed by atoms with Crippen LogP contribution in [0.5, 0.6) is 0 Å². The highest BCUT2D eigenvalue weighted by atomic mass is 16.6. The van der Waals surface area contributed by atoms with Crippen molar-refractivity contribution in [2.45, 2.75) is 26.9 Å². The molecule has 2 aliphatic rings. The van der Waals surface area contributed by atoms with Gasteiger partial charge in [0.2, 0.25) is 0 Å². The molecule has 0 N–H and O–H groups in total. The fourth-order valence-corrected chi connectivity index (χ4v) is 2.87. The maximum atomic E-state index is 11.7. The summed E-state index contributed by atoms with van der Waals surface area (Å²) in [4.78, 5) is 34.0. The summed E-state index contributed by atoms with van der Waals surface area (Å²) in [7, 11) is 0. The number of carbonyl (C=O) groups excluding carboxylic acids is 3. The quantitative estimate of drug-likeness (QED) is 0.543. The molecule has 18 heavy (non-hydrogen) atoms. The molecule has 5 nitrogen and oxygen atoms in total. The van der Waals surface area contributed by atoms with Crippen molar-refractivity contribution < 1.29 is 23.9 Å². The molecule has 0 radical (unpaired) electrons. The van der Waals surface area contributed by atoms with Crippen molar-refractivity contribution >= 4 is 18.2 Å². The van der Waals surface area contributed by atoms with Crippen LogP contribution in [0.15, 0.2) is 11.8 Å². The van der Waals surface area contributed by atoms with E-state index in [0.29, 0.717) is 5.76 Å². The van der Waals surface area contributed by atoms with Crippen molar-refractivity contribution in [3.05, 3.63) is 11.8 Å². The Labute approximate surface area is 105 Å². The number of allylic oxidation sites excluding steroid dienone is 1. The van der Waals surface area contributed by atoms with E-state index in [9.17, 15) is 14.4 Å². The standard InChI is InChI=1S/C13H16O5/c1-6-10(5-14)12-7(2)17-13(16)9(12)4-11(6)18-8(3)15/h4-7,9-10,12H,1-3H3/t6-,7+,9+,10-,12+/m0/s1. The first-order chi connectivity index (χ1) is 8.45. The Bertz CT molecular complexity index is 425. The normalized spacial score (nSPS) is 38.5. The number of hydrogen-bond acceptors (Lipinski definition) is 5. The highest BCUT2D eigenvalue weighted by Gasteiger charge is 2.51. The highest BCUT2D eigenvalue weighted by Crippen LogP contribution is 2.44. The molecule has 0 aromatic carbocycles. The van der Waals surface area contributed by atoms with Gasteiger partial charge in [-0.05, 0) is 13.0 Å². The molecule has 0 aromatic rings. The molecule has 0 bridgehead atoms. The number of esters is 2. The van der Waals surface area contributed by atoms with Crippen LogP contribution in [0, 0.1) is 23.7 Å². The van der Waals surface area contributed by atoms with Gasteiger partial charge < -0.3 is 14.3 Å². The van der Waals surface area contributed by atoms with Gasteiger partial charge in [0.05, 0.1) is 5.92 Å². The molecule has 0 spiro atoms. The minimum Gasteiger partial charge on any atom is -0.462 e. The Morgan fingerprint density at radius 1 is 1.44 bits per heavy atom. The lowest BCUT2D eigenvalue weighted by atomic mass is 9.70. The zero-order valence-electron chi connectivity index (χ0n) is 10.6. The van der Waals surface area contributed by atoms with Crippen molar-refractivity contribution in [1.82, 2.24) is 0 Å². The molecule has 2 rings (SSSR count). The van der Waals surface area contributed by atoms with E-state index in [4.69, 9.17) is 9.47 Å². The van der Waals surface area contributed by atoms with Gasteiger partial charge in [-0.15, -0.1) is 0 Å². The molecule has 1 aliphatic carbocycles. The molecule has 1 aliphatic heterocycles. The van der Waals surface area contributed by atoms with Gasteiger partial charge in [0.25, 0.3) is 0 Å². The number of rotatable bonds is 2. The molecule has 1 heterocycles. The van der Waals surface area contributed by atoms with E-state index in [1.54, 1.807) is 13.0 Å². The van der Waals surface area contributed by atoms with Gasteiger partial charge in [0.15, 0.2) is 0 Å². The van der Waals surface area contributed by atoms with Crippen LogP contribution >= 0.6 is 0 Å². The average Bonchev–Trinajstić information content (AvgIpc) is 2.55. The highest BCUT2D eigenvalue weighted by molar-refractivity contribution is 5.79. The van der Waals surface area contributed by atoms with Crippen LogP contribution < -0.4 is 0 Å². The summed E-state index contributed by atoms with van der Waals surface area (Å²) in [6, 6.07) is 0. The van der Waals surface area contributed by atoms with Crippen LogP contribution in [-0.2, 0) is 23.9 Å². The smallest absolute Gasteiger partial charge is 0.313 e. The summed E-state index contributed by atoms with van der Waals surface area (Å²) in [5.74, 6) is -1.64. The van der Waals surface area contributed by atoms with Crippen LogP contribution in [0.4, 0.5) is 0 Å². The third-order valence-electron chi connectivity index (χ3n) is 3.76. The average molecular weight is 252 g/mol. The Kier molecular flexibility index (Phi) is 3.24.